The number of hydrogen-bond donors (Lipinski definition) is 2. The van der Waals surface area contributed by atoms with Gasteiger partial charge >= 0.3 is 6.09 Å². The Labute approximate surface area is 97.7 Å². The number of halogens is 1. The zero-order chi connectivity index (χ0) is 12.1. The molecule has 0 bridgehead atoms. The zero-order valence-electron chi connectivity index (χ0n) is 8.83. The van der Waals surface area contributed by atoms with Gasteiger partial charge in [0.1, 0.15) is 0 Å². The highest BCUT2D eigenvalue weighted by atomic mass is 35.5. The zero-order valence-corrected chi connectivity index (χ0v) is 9.59. The van der Waals surface area contributed by atoms with Crippen LogP contribution in [0, 0.1) is 0 Å². The molecular weight excluding hydrogens is 232 g/mol. The van der Waals surface area contributed by atoms with E-state index in [1.165, 1.54) is 26.3 Å². The predicted molar refractivity (Wildman–Crippen MR) is 60.9 cm³/mol. The van der Waals surface area contributed by atoms with E-state index in [-0.39, 0.29) is 10.9 Å². The lowest BCUT2D eigenvalue weighted by atomic mass is 10.2. The number of anilines is 1. The van der Waals surface area contributed by atoms with Crippen LogP contribution in [-0.4, -0.2) is 26.2 Å². The largest absolute Gasteiger partial charge is 0.453 e. The number of carbonyl (C=O) groups excluding carboxylic acids is 2. The molecule has 0 aliphatic heterocycles. The Hall–Kier alpha value is -1.75. The van der Waals surface area contributed by atoms with Crippen molar-refractivity contribution in [2.75, 3.05) is 19.5 Å². The summed E-state index contributed by atoms with van der Waals surface area (Å²) in [6.07, 6.45) is -0.616. The molecule has 0 unspecified atom stereocenters. The Morgan fingerprint density at radius 3 is 2.56 bits per heavy atom. The maximum absolute atomic E-state index is 11.3. The summed E-state index contributed by atoms with van der Waals surface area (Å²) in [5.41, 5.74) is 0.809. The second-order valence-corrected chi connectivity index (χ2v) is 3.30. The van der Waals surface area contributed by atoms with Crippen molar-refractivity contribution >= 4 is 29.3 Å². The average molecular weight is 243 g/mol. The Bertz CT molecular complexity index is 421. The van der Waals surface area contributed by atoms with Gasteiger partial charge in [0.2, 0.25) is 0 Å². The third-order valence-corrected chi connectivity index (χ3v) is 2.19. The maximum atomic E-state index is 11.3. The first-order chi connectivity index (χ1) is 7.58. The van der Waals surface area contributed by atoms with E-state index in [0.29, 0.717) is 11.3 Å². The molecule has 5 nitrogen and oxygen atoms in total. The fraction of sp³-hybridized carbons (Fsp3) is 0.200. The molecule has 0 saturated carbocycles. The first-order valence-corrected chi connectivity index (χ1v) is 4.83. The van der Waals surface area contributed by atoms with Crippen LogP contribution in [0.1, 0.15) is 10.4 Å². The quantitative estimate of drug-likeness (QED) is 0.832. The lowest BCUT2D eigenvalue weighted by Crippen LogP contribution is -2.18. The molecule has 0 saturated heterocycles. The van der Waals surface area contributed by atoms with Crippen LogP contribution in [-0.2, 0) is 4.74 Å². The van der Waals surface area contributed by atoms with Gasteiger partial charge in [-0.15, -0.1) is 0 Å². The topological polar surface area (TPSA) is 67.4 Å². The molecule has 1 aromatic carbocycles. The lowest BCUT2D eigenvalue weighted by molar-refractivity contribution is 0.0963. The summed E-state index contributed by atoms with van der Waals surface area (Å²) >= 11 is 5.88. The normalized spacial score (nSPS) is 9.44. The molecule has 2 amide bonds. The Morgan fingerprint density at radius 2 is 2.06 bits per heavy atom. The van der Waals surface area contributed by atoms with Gasteiger partial charge in [-0.1, -0.05) is 11.6 Å². The minimum atomic E-state index is -0.616. The number of carbonyl (C=O) groups is 2. The van der Waals surface area contributed by atoms with Crippen molar-refractivity contribution in [2.45, 2.75) is 0 Å². The van der Waals surface area contributed by atoms with Crippen molar-refractivity contribution in [2.24, 2.45) is 0 Å². The molecule has 0 fully saturated rings. The monoisotopic (exact) mass is 242 g/mol. The van der Waals surface area contributed by atoms with Gasteiger partial charge in [-0.3, -0.25) is 10.1 Å². The fourth-order valence-electron chi connectivity index (χ4n) is 1.06. The molecule has 0 aliphatic rings. The van der Waals surface area contributed by atoms with E-state index in [1.807, 2.05) is 0 Å². The smallest absolute Gasteiger partial charge is 0.411 e. The van der Waals surface area contributed by atoms with Crippen molar-refractivity contribution in [3.63, 3.8) is 0 Å². The standard InChI is InChI=1S/C10H11ClN2O3/c1-12-9(14)6-3-4-8(7(11)5-6)13-10(15)16-2/h3-5H,1-2H3,(H,12,14)(H,13,15). The minimum Gasteiger partial charge on any atom is -0.453 e. The summed E-state index contributed by atoms with van der Waals surface area (Å²) < 4.78 is 4.42. The molecule has 1 rings (SSSR count). The number of methoxy groups -OCH3 is 1. The van der Waals surface area contributed by atoms with E-state index in [1.54, 1.807) is 6.07 Å². The van der Waals surface area contributed by atoms with Gasteiger partial charge in [-0.05, 0) is 18.2 Å². The summed E-state index contributed by atoms with van der Waals surface area (Å²) in [7, 11) is 2.78. The van der Waals surface area contributed by atoms with Crippen LogP contribution in [0.15, 0.2) is 18.2 Å². The van der Waals surface area contributed by atoms with Crippen molar-refractivity contribution in [1.82, 2.24) is 5.32 Å². The van der Waals surface area contributed by atoms with E-state index in [2.05, 4.69) is 15.4 Å². The second-order valence-electron chi connectivity index (χ2n) is 2.89. The van der Waals surface area contributed by atoms with E-state index in [4.69, 9.17) is 11.6 Å². The summed E-state index contributed by atoms with van der Waals surface area (Å²) in [4.78, 5) is 22.2. The summed E-state index contributed by atoms with van der Waals surface area (Å²) in [6.45, 7) is 0. The summed E-state index contributed by atoms with van der Waals surface area (Å²) in [5, 5.41) is 5.16. The molecule has 0 heterocycles. The van der Waals surface area contributed by atoms with Crippen LogP contribution in [0.3, 0.4) is 0 Å². The number of benzene rings is 1. The van der Waals surface area contributed by atoms with Gasteiger partial charge in [-0.2, -0.15) is 0 Å². The molecule has 2 N–H and O–H groups in total. The maximum Gasteiger partial charge on any atom is 0.411 e. The molecule has 0 radical (unpaired) electrons. The highest BCUT2D eigenvalue weighted by molar-refractivity contribution is 6.34. The molecule has 0 spiro atoms. The second kappa shape index (κ2) is 5.37. The van der Waals surface area contributed by atoms with Crippen molar-refractivity contribution < 1.29 is 14.3 Å². The van der Waals surface area contributed by atoms with Crippen LogP contribution in [0.25, 0.3) is 0 Å². The first kappa shape index (κ1) is 12.3. The van der Waals surface area contributed by atoms with Gasteiger partial charge < -0.3 is 10.1 Å². The Balaban J connectivity index is 2.91. The van der Waals surface area contributed by atoms with Crippen LogP contribution in [0.5, 0.6) is 0 Å². The molecule has 86 valence electrons. The average Bonchev–Trinajstić information content (AvgIpc) is 2.30. The molecule has 0 atom stereocenters. The van der Waals surface area contributed by atoms with Crippen LogP contribution >= 0.6 is 11.6 Å². The number of amides is 2. The van der Waals surface area contributed by atoms with E-state index in [0.717, 1.165) is 0 Å². The highest BCUT2D eigenvalue weighted by Gasteiger charge is 2.09. The number of hydrogen-bond acceptors (Lipinski definition) is 3. The summed E-state index contributed by atoms with van der Waals surface area (Å²) in [5.74, 6) is -0.244. The molecular formula is C10H11ClN2O3. The van der Waals surface area contributed by atoms with Crippen LogP contribution < -0.4 is 10.6 Å². The van der Waals surface area contributed by atoms with Crippen molar-refractivity contribution in [3.8, 4) is 0 Å². The van der Waals surface area contributed by atoms with Crippen LogP contribution in [0.2, 0.25) is 5.02 Å². The van der Waals surface area contributed by atoms with Gasteiger partial charge in [0.15, 0.2) is 0 Å². The Kier molecular flexibility index (Phi) is 4.13. The third kappa shape index (κ3) is 2.87. The molecule has 0 aliphatic carbocycles. The minimum absolute atomic E-state index is 0.244. The van der Waals surface area contributed by atoms with Gasteiger partial charge in [0.25, 0.3) is 5.91 Å². The fourth-order valence-corrected chi connectivity index (χ4v) is 1.29. The molecule has 6 heteroatoms. The first-order valence-electron chi connectivity index (χ1n) is 4.45. The highest BCUT2D eigenvalue weighted by Crippen LogP contribution is 2.23. The predicted octanol–water partition coefficient (Wildman–Crippen LogP) is 1.88. The van der Waals surface area contributed by atoms with Gasteiger partial charge in [-0.25, -0.2) is 4.79 Å². The van der Waals surface area contributed by atoms with E-state index >= 15 is 0 Å². The molecule has 16 heavy (non-hydrogen) atoms. The van der Waals surface area contributed by atoms with E-state index < -0.39 is 6.09 Å². The van der Waals surface area contributed by atoms with Crippen molar-refractivity contribution in [1.29, 1.82) is 0 Å². The number of rotatable bonds is 2. The third-order valence-electron chi connectivity index (χ3n) is 1.88. The molecule has 1 aromatic rings. The number of ether oxygens (including phenoxy) is 1. The Morgan fingerprint density at radius 1 is 1.38 bits per heavy atom. The lowest BCUT2D eigenvalue weighted by Gasteiger charge is -2.07. The summed E-state index contributed by atoms with van der Waals surface area (Å²) in [6, 6.07) is 4.55. The number of nitrogens with one attached hydrogen (secondary N) is 2. The van der Waals surface area contributed by atoms with Gasteiger partial charge in [0.05, 0.1) is 17.8 Å². The van der Waals surface area contributed by atoms with E-state index in [9.17, 15) is 9.59 Å². The van der Waals surface area contributed by atoms with Gasteiger partial charge in [0, 0.05) is 12.6 Å². The van der Waals surface area contributed by atoms with Crippen LogP contribution in [0.4, 0.5) is 10.5 Å². The van der Waals surface area contributed by atoms with Crippen molar-refractivity contribution in [3.05, 3.63) is 28.8 Å². The molecule has 0 aromatic heterocycles. The SMILES string of the molecule is CNC(=O)c1ccc(NC(=O)OC)c(Cl)c1.